The van der Waals surface area contributed by atoms with E-state index in [9.17, 15) is 4.79 Å². The smallest absolute Gasteiger partial charge is 0.331 e. The first kappa shape index (κ1) is 17.7. The Hall–Kier alpha value is -3.73. The van der Waals surface area contributed by atoms with Crippen LogP contribution in [0.4, 0.5) is 0 Å². The van der Waals surface area contributed by atoms with Crippen molar-refractivity contribution in [2.75, 3.05) is 0 Å². The number of rotatable bonds is 5. The van der Waals surface area contributed by atoms with E-state index in [4.69, 9.17) is 4.84 Å². The van der Waals surface area contributed by atoms with E-state index in [-0.39, 0.29) is 0 Å². The Morgan fingerprint density at radius 1 is 1.04 bits per heavy atom. The highest BCUT2D eigenvalue weighted by molar-refractivity contribution is 6.03. The third-order valence-corrected chi connectivity index (χ3v) is 4.58. The van der Waals surface area contributed by atoms with Gasteiger partial charge in [-0.1, -0.05) is 59.8 Å². The van der Waals surface area contributed by atoms with Crippen LogP contribution in [0.2, 0.25) is 0 Å². The predicted octanol–water partition coefficient (Wildman–Crippen LogP) is 4.61. The molecule has 28 heavy (non-hydrogen) atoms. The van der Waals surface area contributed by atoms with Gasteiger partial charge < -0.3 is 9.40 Å². The molecule has 5 heteroatoms. The molecule has 0 amide bonds. The number of fused-ring (bicyclic) bond motifs is 1. The van der Waals surface area contributed by atoms with Crippen molar-refractivity contribution in [2.24, 2.45) is 5.16 Å². The van der Waals surface area contributed by atoms with Crippen LogP contribution in [0.3, 0.4) is 0 Å². The fourth-order valence-electron chi connectivity index (χ4n) is 3.04. The van der Waals surface area contributed by atoms with Crippen LogP contribution >= 0.6 is 0 Å². The minimum atomic E-state index is -0.470. The minimum absolute atomic E-state index is 0.444. The highest BCUT2D eigenvalue weighted by Gasteiger charge is 2.12. The summed E-state index contributed by atoms with van der Waals surface area (Å²) < 4.78 is 1.88. The molecule has 0 radical (unpaired) electrons. The summed E-state index contributed by atoms with van der Waals surface area (Å²) >= 11 is 0. The van der Waals surface area contributed by atoms with E-state index in [2.05, 4.69) is 16.2 Å². The Bertz CT molecular complexity index is 1150. The first-order valence-corrected chi connectivity index (χ1v) is 8.99. The van der Waals surface area contributed by atoms with Gasteiger partial charge in [0.2, 0.25) is 0 Å². The standard InChI is InChI=1S/C23H19N3O2/c1-17-6-2-5-9-21(17)23(27)28-25-22(15-26-13-12-24-16-26)20-11-10-18-7-3-4-8-19(18)14-20/h2-14,16H,15H2,1H3/b25-22+. The van der Waals surface area contributed by atoms with Gasteiger partial charge in [0.25, 0.3) is 0 Å². The molecule has 0 bridgehead atoms. The predicted molar refractivity (Wildman–Crippen MR) is 109 cm³/mol. The third-order valence-electron chi connectivity index (χ3n) is 4.58. The summed E-state index contributed by atoms with van der Waals surface area (Å²) in [5.74, 6) is -0.470. The first-order valence-electron chi connectivity index (χ1n) is 8.99. The molecule has 0 aliphatic heterocycles. The van der Waals surface area contributed by atoms with Crippen LogP contribution < -0.4 is 0 Å². The van der Waals surface area contributed by atoms with Gasteiger partial charge in [-0.2, -0.15) is 0 Å². The number of benzene rings is 3. The second-order valence-corrected chi connectivity index (χ2v) is 6.53. The fraction of sp³-hybridized carbons (Fsp3) is 0.0870. The monoisotopic (exact) mass is 369 g/mol. The summed E-state index contributed by atoms with van der Waals surface area (Å²) in [6.07, 6.45) is 5.26. The number of hydrogen-bond donors (Lipinski definition) is 0. The second-order valence-electron chi connectivity index (χ2n) is 6.53. The molecular weight excluding hydrogens is 350 g/mol. The molecule has 5 nitrogen and oxygen atoms in total. The molecule has 1 aromatic heterocycles. The molecule has 0 N–H and O–H groups in total. The van der Waals surface area contributed by atoms with E-state index in [1.807, 2.05) is 72.3 Å². The lowest BCUT2D eigenvalue weighted by atomic mass is 10.0. The topological polar surface area (TPSA) is 56.5 Å². The van der Waals surface area contributed by atoms with Crippen LogP contribution in [-0.4, -0.2) is 21.2 Å². The van der Waals surface area contributed by atoms with Crippen molar-refractivity contribution in [3.63, 3.8) is 0 Å². The molecule has 0 aliphatic rings. The van der Waals surface area contributed by atoms with Crippen molar-refractivity contribution in [1.82, 2.24) is 9.55 Å². The quantitative estimate of drug-likeness (QED) is 0.293. The molecule has 4 rings (SSSR count). The zero-order valence-corrected chi connectivity index (χ0v) is 15.4. The molecule has 0 fully saturated rings. The molecule has 0 atom stereocenters. The van der Waals surface area contributed by atoms with Crippen LogP contribution in [0.15, 0.2) is 90.6 Å². The molecule has 0 saturated carbocycles. The summed E-state index contributed by atoms with van der Waals surface area (Å²) in [6, 6.07) is 21.5. The van der Waals surface area contributed by atoms with E-state index in [1.54, 1.807) is 18.6 Å². The Morgan fingerprint density at radius 2 is 1.82 bits per heavy atom. The number of hydrogen-bond acceptors (Lipinski definition) is 4. The molecule has 0 unspecified atom stereocenters. The maximum atomic E-state index is 12.5. The van der Waals surface area contributed by atoms with Gasteiger partial charge >= 0.3 is 5.97 Å². The summed E-state index contributed by atoms with van der Waals surface area (Å²) in [6.45, 7) is 2.31. The average molecular weight is 369 g/mol. The van der Waals surface area contributed by atoms with Crippen LogP contribution in [0.5, 0.6) is 0 Å². The molecule has 138 valence electrons. The lowest BCUT2D eigenvalue weighted by Gasteiger charge is -2.09. The van der Waals surface area contributed by atoms with Crippen LogP contribution in [0, 0.1) is 6.92 Å². The van der Waals surface area contributed by atoms with Gasteiger partial charge in [0.15, 0.2) is 0 Å². The summed E-state index contributed by atoms with van der Waals surface area (Å²) in [7, 11) is 0. The van der Waals surface area contributed by atoms with Gasteiger partial charge in [-0.05, 0) is 35.4 Å². The number of nitrogens with zero attached hydrogens (tertiary/aromatic N) is 3. The third kappa shape index (κ3) is 3.83. The molecule has 3 aromatic carbocycles. The Morgan fingerprint density at radius 3 is 2.61 bits per heavy atom. The largest absolute Gasteiger partial charge is 0.366 e. The van der Waals surface area contributed by atoms with Crippen LogP contribution in [-0.2, 0) is 11.4 Å². The number of carbonyl (C=O) groups is 1. The summed E-state index contributed by atoms with van der Waals surface area (Å²) in [5, 5.41) is 6.46. The van der Waals surface area contributed by atoms with Gasteiger partial charge in [-0.25, -0.2) is 9.78 Å². The van der Waals surface area contributed by atoms with Crippen molar-refractivity contribution < 1.29 is 9.63 Å². The number of oxime groups is 1. The van der Waals surface area contributed by atoms with Crippen molar-refractivity contribution in [3.05, 3.63) is 102 Å². The lowest BCUT2D eigenvalue weighted by Crippen LogP contribution is -2.13. The Labute approximate surface area is 162 Å². The van der Waals surface area contributed by atoms with E-state index in [0.717, 1.165) is 21.9 Å². The van der Waals surface area contributed by atoms with Crippen LogP contribution in [0.25, 0.3) is 10.8 Å². The zero-order chi connectivity index (χ0) is 19.3. The SMILES string of the molecule is Cc1ccccc1C(=O)O/N=C(\Cn1ccnc1)c1ccc2ccccc2c1. The maximum absolute atomic E-state index is 12.5. The number of aryl methyl sites for hydroxylation is 1. The molecule has 0 spiro atoms. The molecule has 0 saturated heterocycles. The van der Waals surface area contributed by atoms with Crippen molar-refractivity contribution >= 4 is 22.5 Å². The molecule has 4 aromatic rings. The average Bonchev–Trinajstić information content (AvgIpc) is 3.24. The van der Waals surface area contributed by atoms with Crippen molar-refractivity contribution in [2.45, 2.75) is 13.5 Å². The maximum Gasteiger partial charge on any atom is 0.366 e. The summed E-state index contributed by atoms with van der Waals surface area (Å²) in [4.78, 5) is 21.8. The van der Waals surface area contributed by atoms with E-state index in [1.165, 1.54) is 0 Å². The first-order chi connectivity index (χ1) is 13.7. The highest BCUT2D eigenvalue weighted by Crippen LogP contribution is 2.17. The van der Waals surface area contributed by atoms with Gasteiger partial charge in [-0.15, -0.1) is 0 Å². The number of aromatic nitrogens is 2. The van der Waals surface area contributed by atoms with E-state index in [0.29, 0.717) is 17.8 Å². The Balaban J connectivity index is 1.67. The van der Waals surface area contributed by atoms with Crippen LogP contribution in [0.1, 0.15) is 21.5 Å². The number of carbonyl (C=O) groups excluding carboxylic acids is 1. The van der Waals surface area contributed by atoms with Gasteiger partial charge in [0.05, 0.1) is 18.4 Å². The Kier molecular flexibility index (Phi) is 4.97. The van der Waals surface area contributed by atoms with Gasteiger partial charge in [-0.3, -0.25) is 0 Å². The van der Waals surface area contributed by atoms with Gasteiger partial charge in [0.1, 0.15) is 5.71 Å². The fourth-order valence-corrected chi connectivity index (χ4v) is 3.04. The lowest BCUT2D eigenvalue weighted by molar-refractivity contribution is 0.0514. The zero-order valence-electron chi connectivity index (χ0n) is 15.4. The van der Waals surface area contributed by atoms with Crippen molar-refractivity contribution in [1.29, 1.82) is 0 Å². The molecular formula is C23H19N3O2. The van der Waals surface area contributed by atoms with E-state index >= 15 is 0 Å². The molecule has 0 aliphatic carbocycles. The molecule has 1 heterocycles. The highest BCUT2D eigenvalue weighted by atomic mass is 16.7. The van der Waals surface area contributed by atoms with Crippen molar-refractivity contribution in [3.8, 4) is 0 Å². The minimum Gasteiger partial charge on any atom is -0.331 e. The van der Waals surface area contributed by atoms with E-state index < -0.39 is 5.97 Å². The second kappa shape index (κ2) is 7.88. The normalized spacial score (nSPS) is 11.5. The number of imidazole rings is 1. The summed E-state index contributed by atoms with van der Waals surface area (Å²) in [5.41, 5.74) is 2.90. The van der Waals surface area contributed by atoms with Gasteiger partial charge in [0, 0.05) is 18.0 Å².